The molecule has 0 spiro atoms. The molecule has 0 saturated carbocycles. The van der Waals surface area contributed by atoms with Crippen molar-refractivity contribution >= 4 is 11.9 Å². The van der Waals surface area contributed by atoms with E-state index in [0.717, 1.165) is 19.4 Å². The normalized spacial score (nSPS) is 17.0. The molecule has 0 amide bonds. The molecule has 0 unspecified atom stereocenters. The largest absolute Gasteiger partial charge is 0.372 e. The van der Waals surface area contributed by atoms with Crippen LogP contribution in [0.4, 0.5) is 0 Å². The van der Waals surface area contributed by atoms with Crippen LogP contribution in [0.15, 0.2) is 42.6 Å². The van der Waals surface area contributed by atoms with Gasteiger partial charge in [-0.3, -0.25) is 4.31 Å². The predicted molar refractivity (Wildman–Crippen MR) is 108 cm³/mol. The van der Waals surface area contributed by atoms with Gasteiger partial charge >= 0.3 is 0 Å². The summed E-state index contributed by atoms with van der Waals surface area (Å²) < 4.78 is 2.48. The van der Waals surface area contributed by atoms with Crippen LogP contribution in [0.5, 0.6) is 0 Å². The van der Waals surface area contributed by atoms with Crippen LogP contribution in [-0.2, 0) is 6.42 Å². The number of rotatable bonds is 7. The second kappa shape index (κ2) is 8.96. The molecule has 0 N–H and O–H groups in total. The Labute approximate surface area is 153 Å². The molecule has 134 valence electrons. The summed E-state index contributed by atoms with van der Waals surface area (Å²) in [4.78, 5) is 2.62. The van der Waals surface area contributed by atoms with Crippen LogP contribution >= 0.6 is 11.9 Å². The molecule has 1 fully saturated rings. The Kier molecular flexibility index (Phi) is 7.24. The van der Waals surface area contributed by atoms with E-state index in [4.69, 9.17) is 0 Å². The fraction of sp³-hybridized carbons (Fsp3) is 0.619. The zero-order chi connectivity index (χ0) is 17.6. The lowest BCUT2D eigenvalue weighted by molar-refractivity contribution is 0.168. The third-order valence-electron chi connectivity index (χ3n) is 4.75. The quantitative estimate of drug-likeness (QED) is 0.625. The molecule has 1 aliphatic rings. The van der Waals surface area contributed by atoms with E-state index in [0.29, 0.717) is 11.5 Å². The molecule has 0 aromatic heterocycles. The minimum atomic E-state index is 0.294. The molecule has 0 bridgehead atoms. The molecule has 1 aromatic rings. The van der Waals surface area contributed by atoms with Crippen LogP contribution in [0, 0.1) is 5.41 Å². The van der Waals surface area contributed by atoms with E-state index in [2.05, 4.69) is 73.1 Å². The van der Waals surface area contributed by atoms with Crippen molar-refractivity contribution in [2.75, 3.05) is 25.9 Å². The summed E-state index contributed by atoms with van der Waals surface area (Å²) in [5.41, 5.74) is 3.04. The Morgan fingerprint density at radius 2 is 1.83 bits per heavy atom. The second-order valence-electron chi connectivity index (χ2n) is 8.08. The van der Waals surface area contributed by atoms with Crippen molar-refractivity contribution in [2.24, 2.45) is 5.41 Å². The van der Waals surface area contributed by atoms with Gasteiger partial charge in [-0.15, -0.1) is 0 Å². The van der Waals surface area contributed by atoms with Crippen LogP contribution in [0.3, 0.4) is 0 Å². The Morgan fingerprint density at radius 3 is 2.38 bits per heavy atom. The molecular formula is C21H34N2S. The summed E-state index contributed by atoms with van der Waals surface area (Å²) in [6.07, 6.45) is 6.86. The van der Waals surface area contributed by atoms with E-state index in [9.17, 15) is 0 Å². The Bertz CT molecular complexity index is 498. The van der Waals surface area contributed by atoms with Gasteiger partial charge in [0.1, 0.15) is 0 Å². The standard InChI is InChI=1S/C21H34N2S/c1-18(17-21(2,3)4)23(16-11-19-9-7-6-8-10-19)20-12-14-22(24-5)15-13-20/h6-10,20H,1,11-17H2,2-5H3. The Hall–Kier alpha value is -0.930. The van der Waals surface area contributed by atoms with E-state index in [-0.39, 0.29) is 0 Å². The molecular weight excluding hydrogens is 312 g/mol. The number of nitrogens with zero attached hydrogens (tertiary/aromatic N) is 2. The van der Waals surface area contributed by atoms with Gasteiger partial charge in [0.15, 0.2) is 0 Å². The second-order valence-corrected chi connectivity index (χ2v) is 8.96. The van der Waals surface area contributed by atoms with Crippen molar-refractivity contribution in [1.29, 1.82) is 0 Å². The van der Waals surface area contributed by atoms with Crippen LogP contribution < -0.4 is 0 Å². The molecule has 0 atom stereocenters. The maximum Gasteiger partial charge on any atom is 0.0311 e. The predicted octanol–water partition coefficient (Wildman–Crippen LogP) is 5.22. The topological polar surface area (TPSA) is 6.48 Å². The number of allylic oxidation sites excluding steroid dienone is 1. The Morgan fingerprint density at radius 1 is 1.21 bits per heavy atom. The van der Waals surface area contributed by atoms with E-state index >= 15 is 0 Å². The average molecular weight is 347 g/mol. The zero-order valence-corrected chi connectivity index (χ0v) is 16.7. The van der Waals surface area contributed by atoms with Gasteiger partial charge in [0, 0.05) is 31.4 Å². The first-order valence-corrected chi connectivity index (χ1v) is 10.3. The first-order valence-electron chi connectivity index (χ1n) is 9.16. The van der Waals surface area contributed by atoms with Gasteiger partial charge < -0.3 is 4.90 Å². The summed E-state index contributed by atoms with van der Waals surface area (Å²) in [7, 11) is 0. The van der Waals surface area contributed by atoms with Gasteiger partial charge in [-0.1, -0.05) is 69.6 Å². The SMILES string of the molecule is C=C(CC(C)(C)C)N(CCc1ccccc1)C1CCN(SC)CC1. The summed E-state index contributed by atoms with van der Waals surface area (Å²) in [6, 6.07) is 11.5. The highest BCUT2D eigenvalue weighted by Crippen LogP contribution is 2.30. The fourth-order valence-corrected chi connectivity index (χ4v) is 4.12. The molecule has 1 heterocycles. The lowest BCUT2D eigenvalue weighted by Gasteiger charge is -2.41. The van der Waals surface area contributed by atoms with Crippen molar-refractivity contribution in [3.63, 3.8) is 0 Å². The van der Waals surface area contributed by atoms with E-state index in [1.807, 2.05) is 11.9 Å². The third-order valence-corrected chi connectivity index (χ3v) is 5.63. The molecule has 1 aliphatic heterocycles. The average Bonchev–Trinajstić information content (AvgIpc) is 2.55. The number of hydrogen-bond acceptors (Lipinski definition) is 3. The summed E-state index contributed by atoms with van der Waals surface area (Å²) in [5.74, 6) is 0. The van der Waals surface area contributed by atoms with Crippen molar-refractivity contribution < 1.29 is 0 Å². The highest BCUT2D eigenvalue weighted by atomic mass is 32.2. The van der Waals surface area contributed by atoms with E-state index in [1.54, 1.807) is 0 Å². The zero-order valence-electron chi connectivity index (χ0n) is 15.9. The van der Waals surface area contributed by atoms with Gasteiger partial charge in [0.05, 0.1) is 0 Å². The van der Waals surface area contributed by atoms with Gasteiger partial charge in [-0.25, -0.2) is 0 Å². The van der Waals surface area contributed by atoms with Crippen LogP contribution in [-0.4, -0.2) is 41.1 Å². The third kappa shape index (κ3) is 6.18. The first-order chi connectivity index (χ1) is 11.4. The van der Waals surface area contributed by atoms with Crippen molar-refractivity contribution in [3.8, 4) is 0 Å². The molecule has 0 radical (unpaired) electrons. The molecule has 1 saturated heterocycles. The van der Waals surface area contributed by atoms with Crippen molar-refractivity contribution in [3.05, 3.63) is 48.2 Å². The fourth-order valence-electron chi connectivity index (χ4n) is 3.54. The smallest absolute Gasteiger partial charge is 0.0311 e. The lowest BCUT2D eigenvalue weighted by Crippen LogP contribution is -2.43. The van der Waals surface area contributed by atoms with Gasteiger partial charge in [0.2, 0.25) is 0 Å². The molecule has 1 aromatic carbocycles. The highest BCUT2D eigenvalue weighted by Gasteiger charge is 2.26. The molecule has 24 heavy (non-hydrogen) atoms. The van der Waals surface area contributed by atoms with Crippen molar-refractivity contribution in [1.82, 2.24) is 9.21 Å². The minimum Gasteiger partial charge on any atom is -0.372 e. The van der Waals surface area contributed by atoms with Crippen LogP contribution in [0.1, 0.15) is 45.6 Å². The number of hydrogen-bond donors (Lipinski definition) is 0. The maximum atomic E-state index is 4.47. The summed E-state index contributed by atoms with van der Waals surface area (Å²) in [5, 5.41) is 0. The summed E-state index contributed by atoms with van der Waals surface area (Å²) in [6.45, 7) is 14.9. The van der Waals surface area contributed by atoms with E-state index < -0.39 is 0 Å². The van der Waals surface area contributed by atoms with Gasteiger partial charge in [0.25, 0.3) is 0 Å². The molecule has 3 heteroatoms. The highest BCUT2D eigenvalue weighted by molar-refractivity contribution is 7.96. The first kappa shape index (κ1) is 19.4. The summed E-state index contributed by atoms with van der Waals surface area (Å²) >= 11 is 1.88. The maximum absolute atomic E-state index is 4.47. The Balaban J connectivity index is 2.02. The van der Waals surface area contributed by atoms with Gasteiger partial charge in [-0.2, -0.15) is 0 Å². The van der Waals surface area contributed by atoms with E-state index in [1.165, 1.54) is 37.2 Å². The number of piperidine rings is 1. The lowest BCUT2D eigenvalue weighted by atomic mass is 9.89. The molecule has 0 aliphatic carbocycles. The monoisotopic (exact) mass is 346 g/mol. The molecule has 2 nitrogen and oxygen atoms in total. The van der Waals surface area contributed by atoms with Crippen LogP contribution in [0.2, 0.25) is 0 Å². The van der Waals surface area contributed by atoms with Crippen LogP contribution in [0.25, 0.3) is 0 Å². The van der Waals surface area contributed by atoms with Crippen molar-refractivity contribution in [2.45, 2.75) is 52.5 Å². The number of benzene rings is 1. The molecule has 2 rings (SSSR count). The van der Waals surface area contributed by atoms with Gasteiger partial charge in [-0.05, 0) is 42.9 Å². The minimum absolute atomic E-state index is 0.294.